The first-order valence-electron chi connectivity index (χ1n) is 6.64. The topological polar surface area (TPSA) is 55.3 Å². The van der Waals surface area contributed by atoms with Gasteiger partial charge in [0, 0.05) is 6.07 Å². The van der Waals surface area contributed by atoms with Gasteiger partial charge in [-0.15, -0.1) is 0 Å². The number of benzene rings is 2. The van der Waals surface area contributed by atoms with E-state index in [1.165, 1.54) is 0 Å². The first-order chi connectivity index (χ1) is 10.3. The summed E-state index contributed by atoms with van der Waals surface area (Å²) >= 11 is 3.88. The van der Waals surface area contributed by atoms with Crippen LogP contribution in [0.5, 0.6) is 0 Å². The molecule has 3 rings (SSSR count). The Kier molecular flexibility index (Phi) is 4.03. The summed E-state index contributed by atoms with van der Waals surface area (Å²) in [5, 5.41) is 2.06. The van der Waals surface area contributed by atoms with Gasteiger partial charge in [-0.25, -0.2) is 0 Å². The van der Waals surface area contributed by atoms with Crippen molar-refractivity contribution in [1.82, 2.24) is 0 Å². The third-order valence-electron chi connectivity index (χ3n) is 3.23. The van der Waals surface area contributed by atoms with Crippen molar-refractivity contribution in [3.8, 4) is 0 Å². The molecule has 1 aliphatic heterocycles. The number of fused-ring (bicyclic) bond motifs is 1. The minimum Gasteiger partial charge on any atom is -0.460 e. The molecule has 0 amide bonds. The maximum Gasteiger partial charge on any atom is 0.315 e. The zero-order valence-electron chi connectivity index (χ0n) is 11.3. The number of amidine groups is 1. The number of quaternary nitrogens is 1. The van der Waals surface area contributed by atoms with Crippen molar-refractivity contribution in [2.24, 2.45) is 4.99 Å². The van der Waals surface area contributed by atoms with Crippen molar-refractivity contribution in [3.05, 3.63) is 59.7 Å². The molecular weight excluding hydrogens is 284 g/mol. The van der Waals surface area contributed by atoms with Crippen LogP contribution in [0.3, 0.4) is 0 Å². The summed E-state index contributed by atoms with van der Waals surface area (Å²) in [7, 11) is 0. The van der Waals surface area contributed by atoms with Crippen LogP contribution in [-0.2, 0) is 16.1 Å². The average molecular weight is 299 g/mol. The van der Waals surface area contributed by atoms with Gasteiger partial charge in [0.15, 0.2) is 5.69 Å². The van der Waals surface area contributed by atoms with Crippen LogP contribution in [0, 0.1) is 0 Å². The van der Waals surface area contributed by atoms with Crippen LogP contribution in [0.2, 0.25) is 0 Å². The van der Waals surface area contributed by atoms with E-state index in [2.05, 4.69) is 22.9 Å². The van der Waals surface area contributed by atoms with Crippen LogP contribution < -0.4 is 5.32 Å². The van der Waals surface area contributed by atoms with E-state index in [0.717, 1.165) is 28.3 Å². The molecule has 0 unspecified atom stereocenters. The van der Waals surface area contributed by atoms with Gasteiger partial charge in [0.25, 0.3) is 0 Å². The van der Waals surface area contributed by atoms with Crippen LogP contribution in [0.1, 0.15) is 11.1 Å². The molecule has 0 saturated heterocycles. The third kappa shape index (κ3) is 3.15. The Hall–Kier alpha value is -2.11. The SMILES string of the molecule is O=C(CS)OCc1ccc2c(c1)N=C(c1ccccc1)[NH2+]2. The fourth-order valence-corrected chi connectivity index (χ4v) is 2.26. The van der Waals surface area contributed by atoms with Crippen LogP contribution in [-0.4, -0.2) is 17.6 Å². The summed E-state index contributed by atoms with van der Waals surface area (Å²) in [4.78, 5) is 15.8. The number of hydrogen-bond donors (Lipinski definition) is 2. The van der Waals surface area contributed by atoms with Gasteiger partial charge in [0.05, 0.1) is 11.3 Å². The highest BCUT2D eigenvalue weighted by molar-refractivity contribution is 7.81. The first kappa shape index (κ1) is 13.9. The van der Waals surface area contributed by atoms with E-state index in [-0.39, 0.29) is 18.3 Å². The Balaban J connectivity index is 1.78. The normalized spacial score (nSPS) is 12.7. The van der Waals surface area contributed by atoms with Gasteiger partial charge < -0.3 is 4.74 Å². The molecule has 4 nitrogen and oxygen atoms in total. The number of nitrogens with zero attached hydrogens (tertiary/aromatic N) is 1. The van der Waals surface area contributed by atoms with E-state index in [4.69, 9.17) is 4.74 Å². The second-order valence-corrected chi connectivity index (χ2v) is 5.04. The van der Waals surface area contributed by atoms with E-state index in [1.54, 1.807) is 0 Å². The Bertz CT molecular complexity index is 699. The lowest BCUT2D eigenvalue weighted by molar-refractivity contribution is -0.437. The second kappa shape index (κ2) is 6.11. The molecule has 0 radical (unpaired) electrons. The lowest BCUT2D eigenvalue weighted by atomic mass is 10.2. The molecule has 0 spiro atoms. The fourth-order valence-electron chi connectivity index (χ4n) is 2.17. The van der Waals surface area contributed by atoms with Crippen molar-refractivity contribution in [3.63, 3.8) is 0 Å². The van der Waals surface area contributed by atoms with Crippen LogP contribution in [0.4, 0.5) is 11.4 Å². The molecule has 21 heavy (non-hydrogen) atoms. The van der Waals surface area contributed by atoms with Gasteiger partial charge in [-0.05, 0) is 29.8 Å². The molecule has 1 aliphatic rings. The molecule has 0 aromatic heterocycles. The Morgan fingerprint density at radius 2 is 2.00 bits per heavy atom. The molecule has 0 saturated carbocycles. The maximum atomic E-state index is 11.1. The monoisotopic (exact) mass is 299 g/mol. The molecule has 0 fully saturated rings. The van der Waals surface area contributed by atoms with Crippen LogP contribution >= 0.6 is 12.6 Å². The number of carbonyl (C=O) groups is 1. The standard InChI is InChI=1S/C16H14N2O2S/c19-15(10-21)20-9-11-6-7-13-14(8-11)18-16(17-13)12-4-2-1-3-5-12/h1-8,21H,9-10H2,(H,17,18)/p+1. The van der Waals surface area contributed by atoms with Gasteiger partial charge in [-0.3, -0.25) is 10.1 Å². The minimum atomic E-state index is -0.320. The number of aliphatic imine (C=N–C) groups is 1. The van der Waals surface area contributed by atoms with Crippen molar-refractivity contribution in [1.29, 1.82) is 0 Å². The summed E-state index contributed by atoms with van der Waals surface area (Å²) in [5.41, 5.74) is 4.01. The molecule has 0 aliphatic carbocycles. The number of rotatable bonds is 4. The summed E-state index contributed by atoms with van der Waals surface area (Å²) in [5.74, 6) is 0.726. The predicted octanol–water partition coefficient (Wildman–Crippen LogP) is 1.95. The summed E-state index contributed by atoms with van der Waals surface area (Å²) in [6.07, 6.45) is 0. The number of hydrogen-bond acceptors (Lipinski definition) is 4. The summed E-state index contributed by atoms with van der Waals surface area (Å²) in [6, 6.07) is 16.0. The molecule has 1 heterocycles. The zero-order valence-corrected chi connectivity index (χ0v) is 12.2. The first-order valence-corrected chi connectivity index (χ1v) is 7.28. The van der Waals surface area contributed by atoms with E-state index < -0.39 is 0 Å². The summed E-state index contributed by atoms with van der Waals surface area (Å²) in [6.45, 7) is 0.253. The van der Waals surface area contributed by atoms with Crippen molar-refractivity contribution in [2.45, 2.75) is 6.61 Å². The number of nitrogens with two attached hydrogens (primary N) is 1. The summed E-state index contributed by atoms with van der Waals surface area (Å²) < 4.78 is 5.07. The number of esters is 1. The van der Waals surface area contributed by atoms with Crippen molar-refractivity contribution >= 4 is 35.8 Å². The highest BCUT2D eigenvalue weighted by Crippen LogP contribution is 2.26. The molecule has 2 aromatic rings. The molecule has 0 bridgehead atoms. The van der Waals surface area contributed by atoms with E-state index in [1.807, 2.05) is 48.5 Å². The van der Waals surface area contributed by atoms with Crippen LogP contribution in [0.15, 0.2) is 53.5 Å². The fraction of sp³-hybridized carbons (Fsp3) is 0.125. The lowest BCUT2D eigenvalue weighted by Gasteiger charge is -2.03. The quantitative estimate of drug-likeness (QED) is 0.515. The molecule has 2 N–H and O–H groups in total. The Morgan fingerprint density at radius 1 is 1.19 bits per heavy atom. The molecular formula is C16H15N2O2S+. The van der Waals surface area contributed by atoms with Gasteiger partial charge in [0.1, 0.15) is 12.3 Å². The molecule has 0 atom stereocenters. The number of carbonyl (C=O) groups excluding carboxylic acids is 1. The highest BCUT2D eigenvalue weighted by Gasteiger charge is 2.21. The number of thiol groups is 1. The van der Waals surface area contributed by atoms with E-state index in [0.29, 0.717) is 0 Å². The largest absolute Gasteiger partial charge is 0.460 e. The van der Waals surface area contributed by atoms with Gasteiger partial charge in [-0.1, -0.05) is 18.2 Å². The zero-order chi connectivity index (χ0) is 14.7. The molecule has 2 aromatic carbocycles. The van der Waals surface area contributed by atoms with E-state index in [9.17, 15) is 4.79 Å². The van der Waals surface area contributed by atoms with Crippen molar-refractivity contribution in [2.75, 3.05) is 5.75 Å². The van der Waals surface area contributed by atoms with Gasteiger partial charge in [-0.2, -0.15) is 17.6 Å². The van der Waals surface area contributed by atoms with Crippen LogP contribution in [0.25, 0.3) is 0 Å². The highest BCUT2D eigenvalue weighted by atomic mass is 32.1. The predicted molar refractivity (Wildman–Crippen MR) is 84.3 cm³/mol. The lowest BCUT2D eigenvalue weighted by Crippen LogP contribution is -2.80. The maximum absolute atomic E-state index is 11.1. The van der Waals surface area contributed by atoms with Gasteiger partial charge in [0.2, 0.25) is 5.84 Å². The van der Waals surface area contributed by atoms with Crippen molar-refractivity contribution < 1.29 is 14.8 Å². The third-order valence-corrected chi connectivity index (χ3v) is 3.48. The Morgan fingerprint density at radius 3 is 2.76 bits per heavy atom. The Labute approximate surface area is 128 Å². The number of ether oxygens (including phenoxy) is 1. The molecule has 5 heteroatoms. The minimum absolute atomic E-state index is 0.0923. The second-order valence-electron chi connectivity index (χ2n) is 4.72. The van der Waals surface area contributed by atoms with Gasteiger partial charge >= 0.3 is 5.97 Å². The average Bonchev–Trinajstić information content (AvgIpc) is 2.96. The van der Waals surface area contributed by atoms with E-state index >= 15 is 0 Å². The smallest absolute Gasteiger partial charge is 0.315 e. The molecule has 106 valence electrons.